The van der Waals surface area contributed by atoms with Crippen LogP contribution >= 0.6 is 0 Å². The van der Waals surface area contributed by atoms with Gasteiger partial charge in [-0.15, -0.1) is 0 Å². The molecule has 2 unspecified atom stereocenters. The van der Waals surface area contributed by atoms with E-state index >= 15 is 0 Å². The number of hydrogen-bond acceptors (Lipinski definition) is 4. The second kappa shape index (κ2) is 4.86. The van der Waals surface area contributed by atoms with E-state index in [1.165, 1.54) is 0 Å². The molecule has 0 bridgehead atoms. The van der Waals surface area contributed by atoms with Crippen LogP contribution in [-0.2, 0) is 0 Å². The van der Waals surface area contributed by atoms with Crippen molar-refractivity contribution >= 4 is 17.3 Å². The van der Waals surface area contributed by atoms with Crippen molar-refractivity contribution in [2.24, 2.45) is 11.7 Å². The summed E-state index contributed by atoms with van der Waals surface area (Å²) < 4.78 is 0. The maximum Gasteiger partial charge on any atom is 0.250 e. The average Bonchev–Trinajstić information content (AvgIpc) is 2.78. The normalized spacial score (nSPS) is 21.0. The van der Waals surface area contributed by atoms with Gasteiger partial charge in [0.15, 0.2) is 0 Å². The fraction of sp³-hybridized carbons (Fsp3) is 0.462. The summed E-state index contributed by atoms with van der Waals surface area (Å²) in [5.41, 5.74) is 12.8. The molecule has 18 heavy (non-hydrogen) atoms. The largest absolute Gasteiger partial charge is 0.399 e. The van der Waals surface area contributed by atoms with Crippen LogP contribution in [0.5, 0.6) is 0 Å². The van der Waals surface area contributed by atoms with Crippen molar-refractivity contribution in [3.8, 4) is 0 Å². The van der Waals surface area contributed by atoms with Crippen LogP contribution in [0.2, 0.25) is 0 Å². The Kier molecular flexibility index (Phi) is 3.43. The van der Waals surface area contributed by atoms with Crippen molar-refractivity contribution in [1.82, 2.24) is 0 Å². The van der Waals surface area contributed by atoms with E-state index in [1.54, 1.807) is 19.1 Å². The molecular weight excluding hydrogens is 230 g/mol. The lowest BCUT2D eigenvalue weighted by Crippen LogP contribution is -2.26. The second-order valence-electron chi connectivity index (χ2n) is 4.88. The first-order valence-electron chi connectivity index (χ1n) is 6.11. The first-order chi connectivity index (χ1) is 8.49. The number of primary amides is 1. The van der Waals surface area contributed by atoms with Crippen LogP contribution in [0.4, 0.5) is 11.4 Å². The molecule has 0 saturated carbocycles. The number of aliphatic hydroxyl groups is 1. The van der Waals surface area contributed by atoms with Crippen LogP contribution in [0.3, 0.4) is 0 Å². The number of amides is 1. The van der Waals surface area contributed by atoms with Crippen molar-refractivity contribution in [1.29, 1.82) is 0 Å². The number of benzene rings is 1. The third-order valence-electron chi connectivity index (χ3n) is 3.53. The van der Waals surface area contributed by atoms with E-state index in [4.69, 9.17) is 11.5 Å². The van der Waals surface area contributed by atoms with Crippen molar-refractivity contribution in [3.63, 3.8) is 0 Å². The van der Waals surface area contributed by atoms with E-state index in [0.717, 1.165) is 25.2 Å². The molecule has 1 fully saturated rings. The molecular formula is C13H19N3O2. The topological polar surface area (TPSA) is 92.6 Å². The predicted octanol–water partition coefficient (Wildman–Crippen LogP) is 0.575. The second-order valence-corrected chi connectivity index (χ2v) is 4.88. The molecule has 1 aromatic carbocycles. The Balaban J connectivity index is 2.27. The van der Waals surface area contributed by atoms with Gasteiger partial charge in [0.1, 0.15) is 0 Å². The molecule has 1 aliphatic rings. The van der Waals surface area contributed by atoms with Crippen LogP contribution in [0, 0.1) is 5.92 Å². The molecule has 5 N–H and O–H groups in total. The first kappa shape index (κ1) is 12.7. The van der Waals surface area contributed by atoms with E-state index in [2.05, 4.69) is 4.90 Å². The molecule has 1 heterocycles. The lowest BCUT2D eigenvalue weighted by atomic mass is 10.0. The van der Waals surface area contributed by atoms with Gasteiger partial charge in [0.05, 0.1) is 11.7 Å². The number of nitrogen functional groups attached to an aromatic ring is 1. The van der Waals surface area contributed by atoms with Gasteiger partial charge in [-0.2, -0.15) is 0 Å². The Morgan fingerprint density at radius 1 is 1.56 bits per heavy atom. The van der Waals surface area contributed by atoms with Crippen LogP contribution in [0.1, 0.15) is 23.7 Å². The highest BCUT2D eigenvalue weighted by Gasteiger charge is 2.28. The summed E-state index contributed by atoms with van der Waals surface area (Å²) in [5.74, 6) is -0.235. The molecule has 1 aliphatic heterocycles. The van der Waals surface area contributed by atoms with E-state index in [9.17, 15) is 9.90 Å². The molecule has 98 valence electrons. The molecule has 2 rings (SSSR count). The quantitative estimate of drug-likeness (QED) is 0.683. The molecule has 0 radical (unpaired) electrons. The first-order valence-corrected chi connectivity index (χ1v) is 6.11. The van der Waals surface area contributed by atoms with Crippen LogP contribution in [-0.4, -0.2) is 30.2 Å². The summed E-state index contributed by atoms with van der Waals surface area (Å²) in [5, 5.41) is 9.60. The minimum Gasteiger partial charge on any atom is -0.399 e. The lowest BCUT2D eigenvalue weighted by Gasteiger charge is -2.22. The Morgan fingerprint density at radius 3 is 2.83 bits per heavy atom. The monoisotopic (exact) mass is 249 g/mol. The van der Waals surface area contributed by atoms with Gasteiger partial charge in [0, 0.05) is 30.4 Å². The highest BCUT2D eigenvalue weighted by molar-refractivity contribution is 5.99. The molecule has 0 spiro atoms. The van der Waals surface area contributed by atoms with E-state index in [1.807, 2.05) is 6.07 Å². The van der Waals surface area contributed by atoms with Gasteiger partial charge in [-0.3, -0.25) is 4.79 Å². The van der Waals surface area contributed by atoms with Crippen LogP contribution < -0.4 is 16.4 Å². The summed E-state index contributed by atoms with van der Waals surface area (Å²) in [6, 6.07) is 5.19. The maximum absolute atomic E-state index is 11.4. The van der Waals surface area contributed by atoms with Gasteiger partial charge in [-0.25, -0.2) is 0 Å². The minimum absolute atomic E-state index is 0.239. The van der Waals surface area contributed by atoms with Gasteiger partial charge < -0.3 is 21.5 Å². The van der Waals surface area contributed by atoms with E-state index < -0.39 is 5.91 Å². The fourth-order valence-corrected chi connectivity index (χ4v) is 2.43. The maximum atomic E-state index is 11.4. The molecule has 1 aromatic rings. The lowest BCUT2D eigenvalue weighted by molar-refractivity contribution is 0.100. The Labute approximate surface area is 106 Å². The summed E-state index contributed by atoms with van der Waals surface area (Å²) in [6.07, 6.45) is 0.584. The zero-order valence-electron chi connectivity index (χ0n) is 10.5. The summed E-state index contributed by atoms with van der Waals surface area (Å²) >= 11 is 0. The van der Waals surface area contributed by atoms with Gasteiger partial charge in [0.2, 0.25) is 0 Å². The summed E-state index contributed by atoms with van der Waals surface area (Å²) in [7, 11) is 0. The number of anilines is 2. The van der Waals surface area contributed by atoms with Gasteiger partial charge in [-0.05, 0) is 31.5 Å². The minimum atomic E-state index is -0.474. The number of nitrogens with two attached hydrogens (primary N) is 2. The number of aliphatic hydroxyl groups excluding tert-OH is 1. The van der Waals surface area contributed by atoms with Gasteiger partial charge >= 0.3 is 0 Å². The Hall–Kier alpha value is -1.75. The molecule has 5 heteroatoms. The van der Waals surface area contributed by atoms with Gasteiger partial charge in [0.25, 0.3) is 5.91 Å². The molecule has 5 nitrogen and oxygen atoms in total. The molecule has 0 aromatic heterocycles. The Bertz CT molecular complexity index is 460. The van der Waals surface area contributed by atoms with Crippen molar-refractivity contribution in [2.45, 2.75) is 19.4 Å². The molecule has 2 atom stereocenters. The SMILES string of the molecule is CC(O)C1CCN(c2ccc(N)cc2C(N)=O)C1. The Morgan fingerprint density at radius 2 is 2.28 bits per heavy atom. The third-order valence-corrected chi connectivity index (χ3v) is 3.53. The fourth-order valence-electron chi connectivity index (χ4n) is 2.43. The van der Waals surface area contributed by atoms with E-state index in [-0.39, 0.29) is 12.0 Å². The zero-order chi connectivity index (χ0) is 13.3. The number of hydrogen-bond donors (Lipinski definition) is 3. The van der Waals surface area contributed by atoms with Crippen molar-refractivity contribution in [2.75, 3.05) is 23.7 Å². The van der Waals surface area contributed by atoms with E-state index in [0.29, 0.717) is 11.3 Å². The number of nitrogens with zero attached hydrogens (tertiary/aromatic N) is 1. The van der Waals surface area contributed by atoms with Crippen LogP contribution in [0.25, 0.3) is 0 Å². The predicted molar refractivity (Wildman–Crippen MR) is 71.4 cm³/mol. The van der Waals surface area contributed by atoms with Crippen molar-refractivity contribution in [3.05, 3.63) is 23.8 Å². The molecule has 1 saturated heterocycles. The molecule has 1 amide bonds. The highest BCUT2D eigenvalue weighted by Crippen LogP contribution is 2.29. The average molecular weight is 249 g/mol. The summed E-state index contributed by atoms with van der Waals surface area (Å²) in [4.78, 5) is 13.5. The number of rotatable bonds is 3. The standard InChI is InChI=1S/C13H19N3O2/c1-8(17)9-4-5-16(7-9)12-3-2-10(14)6-11(12)13(15)18/h2-3,6,8-9,17H,4-5,7,14H2,1H3,(H2,15,18). The van der Waals surface area contributed by atoms with Crippen LogP contribution in [0.15, 0.2) is 18.2 Å². The zero-order valence-corrected chi connectivity index (χ0v) is 10.5. The number of carbonyl (C=O) groups excluding carboxylic acids is 1. The highest BCUT2D eigenvalue weighted by atomic mass is 16.3. The third kappa shape index (κ3) is 2.41. The smallest absolute Gasteiger partial charge is 0.250 e. The number of carbonyl (C=O) groups is 1. The summed E-state index contributed by atoms with van der Waals surface area (Å²) in [6.45, 7) is 3.35. The molecule has 0 aliphatic carbocycles. The van der Waals surface area contributed by atoms with Crippen molar-refractivity contribution < 1.29 is 9.90 Å². The van der Waals surface area contributed by atoms with Gasteiger partial charge in [-0.1, -0.05) is 0 Å².